The molecule has 1 aromatic rings. The first-order chi connectivity index (χ1) is 7.54. The molecule has 1 atom stereocenters. The summed E-state index contributed by atoms with van der Waals surface area (Å²) < 4.78 is 5.72. The van der Waals surface area contributed by atoms with Crippen LogP contribution in [0.25, 0.3) is 0 Å². The van der Waals surface area contributed by atoms with Crippen molar-refractivity contribution in [1.29, 1.82) is 0 Å². The van der Waals surface area contributed by atoms with Crippen LogP contribution in [0.3, 0.4) is 0 Å². The number of furan rings is 1. The zero-order chi connectivity index (χ0) is 12.1. The van der Waals surface area contributed by atoms with Gasteiger partial charge in [-0.2, -0.15) is 0 Å². The van der Waals surface area contributed by atoms with E-state index in [2.05, 4.69) is 44.1 Å². The molecule has 0 aromatic carbocycles. The highest BCUT2D eigenvalue weighted by Gasteiger charge is 2.14. The Bertz CT molecular complexity index is 307. The van der Waals surface area contributed by atoms with E-state index in [1.54, 1.807) is 0 Å². The van der Waals surface area contributed by atoms with Crippen LogP contribution in [-0.4, -0.2) is 25.0 Å². The molecule has 0 spiro atoms. The third-order valence-corrected chi connectivity index (χ3v) is 3.13. The van der Waals surface area contributed by atoms with Crippen LogP contribution >= 0.6 is 0 Å². The molecule has 1 aromatic heterocycles. The monoisotopic (exact) mass is 224 g/mol. The molecule has 16 heavy (non-hydrogen) atoms. The lowest BCUT2D eigenvalue weighted by atomic mass is 10.1. The summed E-state index contributed by atoms with van der Waals surface area (Å²) in [4.78, 5) is 2.33. The highest BCUT2D eigenvalue weighted by Crippen LogP contribution is 2.14. The molecule has 0 bridgehead atoms. The van der Waals surface area contributed by atoms with Gasteiger partial charge in [0.1, 0.15) is 11.5 Å². The lowest BCUT2D eigenvalue weighted by molar-refractivity contribution is 0.185. The van der Waals surface area contributed by atoms with Crippen LogP contribution in [-0.2, 0) is 13.1 Å². The maximum absolute atomic E-state index is 5.72. The van der Waals surface area contributed by atoms with Crippen LogP contribution in [0.2, 0.25) is 0 Å². The normalized spacial score (nSPS) is 13.7. The van der Waals surface area contributed by atoms with Gasteiger partial charge in [-0.15, -0.1) is 0 Å². The number of hydrogen-bond acceptors (Lipinski definition) is 3. The summed E-state index contributed by atoms with van der Waals surface area (Å²) in [6.07, 6.45) is 0. The van der Waals surface area contributed by atoms with Gasteiger partial charge in [-0.25, -0.2) is 0 Å². The maximum Gasteiger partial charge on any atom is 0.118 e. The average Bonchev–Trinajstić information content (AvgIpc) is 2.65. The standard InChI is InChI=1S/C13H24N2O/c1-10(2)11(3)15(5)9-13-7-6-12(16-13)8-14-4/h6-7,10-11,14H,8-9H2,1-5H3. The van der Waals surface area contributed by atoms with E-state index in [4.69, 9.17) is 4.42 Å². The van der Waals surface area contributed by atoms with Crippen molar-refractivity contribution in [2.75, 3.05) is 14.1 Å². The number of rotatable bonds is 6. The van der Waals surface area contributed by atoms with Crippen LogP contribution in [0.1, 0.15) is 32.3 Å². The van der Waals surface area contributed by atoms with Crippen molar-refractivity contribution < 1.29 is 4.42 Å². The first kappa shape index (κ1) is 13.3. The Labute approximate surface area is 98.8 Å². The highest BCUT2D eigenvalue weighted by molar-refractivity contribution is 5.07. The fourth-order valence-electron chi connectivity index (χ4n) is 1.68. The molecule has 0 aliphatic rings. The van der Waals surface area contributed by atoms with Crippen LogP contribution in [0.4, 0.5) is 0 Å². The van der Waals surface area contributed by atoms with Crippen molar-refractivity contribution in [3.8, 4) is 0 Å². The molecule has 1 unspecified atom stereocenters. The van der Waals surface area contributed by atoms with E-state index in [1.807, 2.05) is 13.1 Å². The Morgan fingerprint density at radius 3 is 2.44 bits per heavy atom. The molecule has 0 radical (unpaired) electrons. The summed E-state index contributed by atoms with van der Waals surface area (Å²) in [5.41, 5.74) is 0. The van der Waals surface area contributed by atoms with Crippen LogP contribution in [0.5, 0.6) is 0 Å². The zero-order valence-electron chi connectivity index (χ0n) is 11.1. The van der Waals surface area contributed by atoms with Gasteiger partial charge in [-0.05, 0) is 39.1 Å². The van der Waals surface area contributed by atoms with Gasteiger partial charge in [-0.3, -0.25) is 4.90 Å². The van der Waals surface area contributed by atoms with E-state index in [0.29, 0.717) is 12.0 Å². The summed E-state index contributed by atoms with van der Waals surface area (Å²) in [5.74, 6) is 2.71. The lowest BCUT2D eigenvalue weighted by Crippen LogP contribution is -2.32. The molecule has 1 heterocycles. The zero-order valence-corrected chi connectivity index (χ0v) is 11.1. The molecule has 3 nitrogen and oxygen atoms in total. The third kappa shape index (κ3) is 3.65. The molecule has 0 aliphatic heterocycles. The van der Waals surface area contributed by atoms with Crippen LogP contribution in [0, 0.1) is 5.92 Å². The molecule has 1 rings (SSSR count). The van der Waals surface area contributed by atoms with E-state index >= 15 is 0 Å². The van der Waals surface area contributed by atoms with Gasteiger partial charge >= 0.3 is 0 Å². The molecule has 0 fully saturated rings. The van der Waals surface area contributed by atoms with Gasteiger partial charge in [0.2, 0.25) is 0 Å². The van der Waals surface area contributed by atoms with Gasteiger partial charge in [0, 0.05) is 6.04 Å². The average molecular weight is 224 g/mol. The van der Waals surface area contributed by atoms with Crippen molar-refractivity contribution in [3.63, 3.8) is 0 Å². The Kier molecular flexibility index (Phi) is 5.03. The summed E-state index contributed by atoms with van der Waals surface area (Å²) in [7, 11) is 4.07. The summed E-state index contributed by atoms with van der Waals surface area (Å²) >= 11 is 0. The minimum atomic E-state index is 0.567. The lowest BCUT2D eigenvalue weighted by Gasteiger charge is -2.26. The molecule has 0 amide bonds. The predicted octanol–water partition coefficient (Wildman–Crippen LogP) is 2.48. The van der Waals surface area contributed by atoms with E-state index < -0.39 is 0 Å². The van der Waals surface area contributed by atoms with Crippen molar-refractivity contribution in [3.05, 3.63) is 23.7 Å². The molecule has 0 aliphatic carbocycles. The summed E-state index contributed by atoms with van der Waals surface area (Å²) in [6, 6.07) is 4.67. The van der Waals surface area contributed by atoms with E-state index in [1.165, 1.54) is 0 Å². The molecule has 3 heteroatoms. The second-order valence-electron chi connectivity index (χ2n) is 4.80. The first-order valence-electron chi connectivity index (χ1n) is 5.97. The summed E-state index contributed by atoms with van der Waals surface area (Å²) in [6.45, 7) is 8.42. The van der Waals surface area contributed by atoms with Crippen molar-refractivity contribution in [2.45, 2.75) is 39.9 Å². The second kappa shape index (κ2) is 6.06. The number of nitrogens with zero attached hydrogens (tertiary/aromatic N) is 1. The summed E-state index contributed by atoms with van der Waals surface area (Å²) in [5, 5.41) is 3.08. The van der Waals surface area contributed by atoms with Crippen molar-refractivity contribution in [1.82, 2.24) is 10.2 Å². The fraction of sp³-hybridized carbons (Fsp3) is 0.692. The van der Waals surface area contributed by atoms with Gasteiger partial charge in [0.15, 0.2) is 0 Å². The Hall–Kier alpha value is -0.800. The van der Waals surface area contributed by atoms with Crippen molar-refractivity contribution in [2.24, 2.45) is 5.92 Å². The van der Waals surface area contributed by atoms with E-state index in [9.17, 15) is 0 Å². The largest absolute Gasteiger partial charge is 0.463 e. The van der Waals surface area contributed by atoms with Gasteiger partial charge in [-0.1, -0.05) is 13.8 Å². The topological polar surface area (TPSA) is 28.4 Å². The Balaban J connectivity index is 2.52. The van der Waals surface area contributed by atoms with Crippen molar-refractivity contribution >= 4 is 0 Å². The second-order valence-corrected chi connectivity index (χ2v) is 4.80. The van der Waals surface area contributed by atoms with E-state index in [-0.39, 0.29) is 0 Å². The maximum atomic E-state index is 5.72. The molecule has 0 saturated carbocycles. The molecule has 92 valence electrons. The minimum absolute atomic E-state index is 0.567. The quantitative estimate of drug-likeness (QED) is 0.804. The van der Waals surface area contributed by atoms with Crippen LogP contribution in [0.15, 0.2) is 16.5 Å². The predicted molar refractivity (Wildman–Crippen MR) is 67.2 cm³/mol. The van der Waals surface area contributed by atoms with Gasteiger partial charge in [0.25, 0.3) is 0 Å². The third-order valence-electron chi connectivity index (χ3n) is 3.13. The molecular formula is C13H24N2O. The fourth-order valence-corrected chi connectivity index (χ4v) is 1.68. The smallest absolute Gasteiger partial charge is 0.118 e. The SMILES string of the molecule is CNCc1ccc(CN(C)C(C)C(C)C)o1. The Morgan fingerprint density at radius 2 is 1.88 bits per heavy atom. The van der Waals surface area contributed by atoms with E-state index in [0.717, 1.165) is 24.6 Å². The number of hydrogen-bond donors (Lipinski definition) is 1. The first-order valence-corrected chi connectivity index (χ1v) is 5.97. The van der Waals surface area contributed by atoms with Gasteiger partial charge < -0.3 is 9.73 Å². The molecule has 1 N–H and O–H groups in total. The highest BCUT2D eigenvalue weighted by atomic mass is 16.3. The minimum Gasteiger partial charge on any atom is -0.463 e. The molecule has 0 saturated heterocycles. The molecular weight excluding hydrogens is 200 g/mol. The van der Waals surface area contributed by atoms with Crippen LogP contribution < -0.4 is 5.32 Å². The number of nitrogens with one attached hydrogen (secondary N) is 1. The Morgan fingerprint density at radius 1 is 1.25 bits per heavy atom. The van der Waals surface area contributed by atoms with Gasteiger partial charge in [0.05, 0.1) is 13.1 Å².